The quantitative estimate of drug-likeness (QED) is 0.591. The minimum absolute atomic E-state index is 0.00249. The Balaban J connectivity index is 2.74. The van der Waals surface area contributed by atoms with Gasteiger partial charge in [-0.1, -0.05) is 13.8 Å². The van der Waals surface area contributed by atoms with Gasteiger partial charge in [-0.05, 0) is 39.5 Å². The van der Waals surface area contributed by atoms with Gasteiger partial charge in [0, 0.05) is 18.9 Å². The second-order valence-electron chi connectivity index (χ2n) is 7.20. The largest absolute Gasteiger partial charge is 0.458 e. The molecule has 4 nitrogen and oxygen atoms in total. The van der Waals surface area contributed by atoms with Gasteiger partial charge in [-0.15, -0.1) is 12.3 Å². The summed E-state index contributed by atoms with van der Waals surface area (Å²) in [4.78, 5) is 26.3. The molecule has 0 radical (unpaired) electrons. The van der Waals surface area contributed by atoms with Crippen molar-refractivity contribution in [3.8, 4) is 12.3 Å². The molecule has 0 spiro atoms. The lowest BCUT2D eigenvalue weighted by molar-refractivity contribution is -0.167. The average molecular weight is 293 g/mol. The monoisotopic (exact) mass is 293 g/mol. The van der Waals surface area contributed by atoms with Crippen molar-refractivity contribution in [1.82, 2.24) is 4.90 Å². The van der Waals surface area contributed by atoms with Crippen molar-refractivity contribution >= 4 is 11.9 Å². The fourth-order valence-corrected chi connectivity index (χ4v) is 2.62. The Morgan fingerprint density at radius 1 is 1.29 bits per heavy atom. The molecule has 1 aliphatic rings. The molecular formula is C17H27NO3. The van der Waals surface area contributed by atoms with E-state index in [2.05, 4.69) is 5.92 Å². The van der Waals surface area contributed by atoms with Gasteiger partial charge in [0.2, 0.25) is 5.91 Å². The minimum atomic E-state index is -0.556. The molecule has 0 aromatic rings. The number of ether oxygens (including phenoxy) is 1. The molecule has 1 atom stereocenters. The van der Waals surface area contributed by atoms with E-state index in [1.54, 1.807) is 7.05 Å². The molecular weight excluding hydrogens is 266 g/mol. The van der Waals surface area contributed by atoms with Gasteiger partial charge in [0.25, 0.3) is 0 Å². The van der Waals surface area contributed by atoms with Crippen LogP contribution in [0, 0.1) is 30.1 Å². The van der Waals surface area contributed by atoms with Gasteiger partial charge in [-0.2, -0.15) is 0 Å². The molecule has 0 bridgehead atoms. The first-order chi connectivity index (χ1) is 9.56. The van der Waals surface area contributed by atoms with Gasteiger partial charge in [0.1, 0.15) is 11.6 Å². The Morgan fingerprint density at radius 3 is 2.19 bits per heavy atom. The highest BCUT2D eigenvalue weighted by Gasteiger charge is 2.40. The summed E-state index contributed by atoms with van der Waals surface area (Å²) in [6.45, 7) is 9.32. The van der Waals surface area contributed by atoms with Crippen LogP contribution in [0.15, 0.2) is 0 Å². The molecule has 0 aromatic carbocycles. The molecule has 0 aromatic heterocycles. The first-order valence-corrected chi connectivity index (χ1v) is 7.52. The molecule has 0 N–H and O–H groups in total. The van der Waals surface area contributed by atoms with Crippen LogP contribution in [0.25, 0.3) is 0 Å². The van der Waals surface area contributed by atoms with Gasteiger partial charge in [-0.3, -0.25) is 4.79 Å². The first-order valence-electron chi connectivity index (χ1n) is 7.52. The molecule has 0 aliphatic heterocycles. The number of likely N-dealkylation sites (N-methyl/N-ethyl adjacent to an activating group) is 1. The highest BCUT2D eigenvalue weighted by molar-refractivity contribution is 5.86. The van der Waals surface area contributed by atoms with E-state index in [4.69, 9.17) is 11.2 Å². The summed E-state index contributed by atoms with van der Waals surface area (Å²) in [5, 5.41) is 0. The van der Waals surface area contributed by atoms with Crippen molar-refractivity contribution in [3.05, 3.63) is 0 Å². The number of carbonyl (C=O) groups is 2. The maximum Gasteiger partial charge on any atom is 0.329 e. The van der Waals surface area contributed by atoms with Crippen molar-refractivity contribution in [2.75, 3.05) is 7.05 Å². The van der Waals surface area contributed by atoms with E-state index in [0.717, 1.165) is 12.8 Å². The smallest absolute Gasteiger partial charge is 0.329 e. The molecule has 0 unspecified atom stereocenters. The molecule has 1 aliphatic carbocycles. The van der Waals surface area contributed by atoms with Gasteiger partial charge in [-0.25, -0.2) is 4.79 Å². The van der Waals surface area contributed by atoms with Crippen molar-refractivity contribution in [3.63, 3.8) is 0 Å². The Bertz CT molecular complexity index is 436. The predicted octanol–water partition coefficient (Wildman–Crippen LogP) is 2.47. The zero-order valence-electron chi connectivity index (χ0n) is 14.0. The Morgan fingerprint density at radius 2 is 1.81 bits per heavy atom. The number of esters is 1. The Hall–Kier alpha value is -1.50. The van der Waals surface area contributed by atoms with Crippen molar-refractivity contribution in [2.24, 2.45) is 17.8 Å². The summed E-state index contributed by atoms with van der Waals surface area (Å²) in [6, 6.07) is -0.554. The number of hydrogen-bond acceptors (Lipinski definition) is 3. The molecule has 1 saturated carbocycles. The molecule has 118 valence electrons. The van der Waals surface area contributed by atoms with Crippen LogP contribution in [0.2, 0.25) is 0 Å². The lowest BCUT2D eigenvalue weighted by Crippen LogP contribution is -2.51. The van der Waals surface area contributed by atoms with E-state index in [-0.39, 0.29) is 29.6 Å². The number of rotatable bonds is 4. The van der Waals surface area contributed by atoms with E-state index >= 15 is 0 Å². The summed E-state index contributed by atoms with van der Waals surface area (Å²) in [5.41, 5.74) is -0.556. The maximum atomic E-state index is 12.5. The molecule has 1 rings (SSSR count). The molecule has 4 heteroatoms. The zero-order chi connectivity index (χ0) is 16.4. The molecule has 1 amide bonds. The van der Waals surface area contributed by atoms with Crippen LogP contribution >= 0.6 is 0 Å². The summed E-state index contributed by atoms with van der Waals surface area (Å²) in [7, 11) is 1.68. The lowest BCUT2D eigenvalue weighted by Gasteiger charge is -2.38. The Labute approximate surface area is 128 Å². The first kappa shape index (κ1) is 17.6. The second kappa shape index (κ2) is 6.51. The SMILES string of the molecule is C#C[C@H]1C[C@H](C(=O)N(C)[C@H](C(=O)OC(C)(C)C)C(C)C)C1. The summed E-state index contributed by atoms with van der Waals surface area (Å²) >= 11 is 0. The normalized spacial score (nSPS) is 23.0. The van der Waals surface area contributed by atoms with E-state index in [0.29, 0.717) is 0 Å². The van der Waals surface area contributed by atoms with Gasteiger partial charge >= 0.3 is 5.97 Å². The zero-order valence-corrected chi connectivity index (χ0v) is 14.0. The van der Waals surface area contributed by atoms with Gasteiger partial charge < -0.3 is 9.64 Å². The minimum Gasteiger partial charge on any atom is -0.458 e. The Kier molecular flexibility index (Phi) is 5.44. The van der Waals surface area contributed by atoms with Crippen LogP contribution in [0.4, 0.5) is 0 Å². The van der Waals surface area contributed by atoms with E-state index in [1.807, 2.05) is 34.6 Å². The van der Waals surface area contributed by atoms with Crippen LogP contribution in [0.3, 0.4) is 0 Å². The summed E-state index contributed by atoms with van der Waals surface area (Å²) < 4.78 is 5.44. The number of carbonyl (C=O) groups excluding carboxylic acids is 2. The van der Waals surface area contributed by atoms with Crippen LogP contribution in [0.5, 0.6) is 0 Å². The van der Waals surface area contributed by atoms with Crippen molar-refractivity contribution in [1.29, 1.82) is 0 Å². The highest BCUT2D eigenvalue weighted by Crippen LogP contribution is 2.35. The second-order valence-corrected chi connectivity index (χ2v) is 7.20. The molecule has 0 saturated heterocycles. The van der Waals surface area contributed by atoms with E-state index in [1.165, 1.54) is 4.90 Å². The number of amides is 1. The van der Waals surface area contributed by atoms with Gasteiger partial charge in [0.05, 0.1) is 0 Å². The third-order valence-electron chi connectivity index (χ3n) is 3.77. The van der Waals surface area contributed by atoms with E-state index in [9.17, 15) is 9.59 Å². The average Bonchev–Trinajstić information content (AvgIpc) is 2.24. The number of hydrogen-bond donors (Lipinski definition) is 0. The maximum absolute atomic E-state index is 12.5. The van der Waals surface area contributed by atoms with Crippen LogP contribution < -0.4 is 0 Å². The van der Waals surface area contributed by atoms with Crippen LogP contribution in [-0.2, 0) is 14.3 Å². The fourth-order valence-electron chi connectivity index (χ4n) is 2.62. The number of nitrogens with zero attached hydrogens (tertiary/aromatic N) is 1. The van der Waals surface area contributed by atoms with Crippen molar-refractivity contribution in [2.45, 2.75) is 59.1 Å². The van der Waals surface area contributed by atoms with Crippen LogP contribution in [-0.4, -0.2) is 35.5 Å². The predicted molar refractivity (Wildman–Crippen MR) is 82.3 cm³/mol. The standard InChI is InChI=1S/C17H27NO3/c1-8-12-9-13(10-12)15(19)18(7)14(11(2)3)16(20)21-17(4,5)6/h1,11-14H,9-10H2,2-7H3/t12-,13-,14-/m0/s1. The fraction of sp³-hybridized carbons (Fsp3) is 0.765. The van der Waals surface area contributed by atoms with Crippen LogP contribution in [0.1, 0.15) is 47.5 Å². The summed E-state index contributed by atoms with van der Waals surface area (Å²) in [6.07, 6.45) is 6.79. The molecule has 0 heterocycles. The molecule has 21 heavy (non-hydrogen) atoms. The lowest BCUT2D eigenvalue weighted by atomic mass is 9.74. The third kappa shape index (κ3) is 4.49. The third-order valence-corrected chi connectivity index (χ3v) is 3.77. The van der Waals surface area contributed by atoms with E-state index < -0.39 is 11.6 Å². The number of terminal acetylenes is 1. The van der Waals surface area contributed by atoms with Gasteiger partial charge in [0.15, 0.2) is 0 Å². The topological polar surface area (TPSA) is 46.6 Å². The highest BCUT2D eigenvalue weighted by atomic mass is 16.6. The molecule has 1 fully saturated rings. The summed E-state index contributed by atoms with van der Waals surface area (Å²) in [5.74, 6) is 2.46. The van der Waals surface area contributed by atoms with Crippen molar-refractivity contribution < 1.29 is 14.3 Å².